The first-order chi connectivity index (χ1) is 13.4. The van der Waals surface area contributed by atoms with E-state index in [0.29, 0.717) is 24.4 Å². The van der Waals surface area contributed by atoms with E-state index in [1.165, 1.54) is 24.3 Å². The van der Waals surface area contributed by atoms with Gasteiger partial charge in [-0.25, -0.2) is 0 Å². The maximum Gasteiger partial charge on any atom is 0.573 e. The number of hydrogen-bond acceptors (Lipinski definition) is 6. The molecular formula is C19H23F3N4O3. The van der Waals surface area contributed by atoms with Crippen molar-refractivity contribution in [2.75, 3.05) is 13.6 Å². The fraction of sp³-hybridized carbons (Fsp3) is 0.526. The number of aromatic nitrogens is 2. The molecular weight excluding hydrogens is 389 g/mol. The summed E-state index contributed by atoms with van der Waals surface area (Å²) in [4.78, 5) is 18.6. The van der Waals surface area contributed by atoms with Crippen molar-refractivity contribution in [3.05, 3.63) is 30.2 Å². The lowest BCUT2D eigenvalue weighted by atomic mass is 9.95. The summed E-state index contributed by atoms with van der Waals surface area (Å²) in [6.45, 7) is 6.21. The smallest absolute Gasteiger partial charge is 0.406 e. The van der Waals surface area contributed by atoms with Crippen molar-refractivity contribution in [3.8, 4) is 17.1 Å². The number of nitrogens with zero attached hydrogens (tertiary/aromatic N) is 3. The van der Waals surface area contributed by atoms with Crippen LogP contribution in [0.3, 0.4) is 0 Å². The summed E-state index contributed by atoms with van der Waals surface area (Å²) in [5.41, 5.74) is 0.0313. The van der Waals surface area contributed by atoms with E-state index in [2.05, 4.69) is 20.2 Å². The van der Waals surface area contributed by atoms with Gasteiger partial charge in [0.1, 0.15) is 5.75 Å². The number of likely N-dealkylation sites (tertiary alicyclic amines) is 1. The van der Waals surface area contributed by atoms with Crippen LogP contribution in [0.25, 0.3) is 11.4 Å². The lowest BCUT2D eigenvalue weighted by molar-refractivity contribution is -0.274. The van der Waals surface area contributed by atoms with Crippen LogP contribution in [0.15, 0.2) is 28.8 Å². The van der Waals surface area contributed by atoms with Crippen molar-refractivity contribution in [3.63, 3.8) is 0 Å². The van der Waals surface area contributed by atoms with Crippen LogP contribution in [0.2, 0.25) is 0 Å². The van der Waals surface area contributed by atoms with E-state index in [9.17, 15) is 18.0 Å². The van der Waals surface area contributed by atoms with E-state index in [0.717, 1.165) is 0 Å². The van der Waals surface area contributed by atoms with Gasteiger partial charge < -0.3 is 14.6 Å². The molecule has 1 N–H and O–H groups in total. The summed E-state index contributed by atoms with van der Waals surface area (Å²) < 4.78 is 46.0. The molecule has 0 aliphatic carbocycles. The normalized spacial score (nSPS) is 20.7. The second-order valence-corrected chi connectivity index (χ2v) is 8.14. The van der Waals surface area contributed by atoms with Gasteiger partial charge in [0.25, 0.3) is 0 Å². The number of rotatable bonds is 4. The van der Waals surface area contributed by atoms with E-state index >= 15 is 0 Å². The second-order valence-electron chi connectivity index (χ2n) is 8.14. The van der Waals surface area contributed by atoms with E-state index in [4.69, 9.17) is 4.52 Å². The molecule has 1 aliphatic rings. The molecule has 3 rings (SSSR count). The first-order valence-electron chi connectivity index (χ1n) is 9.13. The molecule has 0 saturated carbocycles. The molecule has 1 aromatic carbocycles. The summed E-state index contributed by atoms with van der Waals surface area (Å²) in [5, 5.41) is 6.97. The molecule has 0 unspecified atom stereocenters. The van der Waals surface area contributed by atoms with Crippen LogP contribution in [0.5, 0.6) is 5.75 Å². The third-order valence-electron chi connectivity index (χ3n) is 4.64. The average molecular weight is 412 g/mol. The maximum atomic E-state index is 12.3. The standard InChI is InChI=1S/C19H23F3N4O3/c1-18(2,3)17(27)23-12-9-14(26(4)10-12)16-24-15(25-29-16)11-5-7-13(8-6-11)28-19(20,21)22/h5-8,12,14H,9-10H2,1-4H3,(H,23,27)/t12-,14-/m0/s1. The van der Waals surface area contributed by atoms with Gasteiger partial charge in [-0.05, 0) is 37.7 Å². The van der Waals surface area contributed by atoms with Crippen molar-refractivity contribution in [1.29, 1.82) is 0 Å². The monoisotopic (exact) mass is 412 g/mol. The predicted octanol–water partition coefficient (Wildman–Crippen LogP) is 3.54. The number of halogens is 3. The van der Waals surface area contributed by atoms with E-state index in [1.807, 2.05) is 32.7 Å². The van der Waals surface area contributed by atoms with Crippen LogP contribution >= 0.6 is 0 Å². The van der Waals surface area contributed by atoms with Crippen LogP contribution < -0.4 is 10.1 Å². The molecule has 7 nitrogen and oxygen atoms in total. The first-order valence-corrected chi connectivity index (χ1v) is 9.13. The zero-order valence-electron chi connectivity index (χ0n) is 16.6. The lowest BCUT2D eigenvalue weighted by Gasteiger charge is -2.21. The quantitative estimate of drug-likeness (QED) is 0.827. The third kappa shape index (κ3) is 5.26. The molecule has 0 radical (unpaired) electrons. The van der Waals surface area contributed by atoms with E-state index < -0.39 is 11.8 Å². The van der Waals surface area contributed by atoms with Gasteiger partial charge in [0.15, 0.2) is 0 Å². The molecule has 1 amide bonds. The maximum absolute atomic E-state index is 12.3. The Morgan fingerprint density at radius 2 is 1.90 bits per heavy atom. The first kappa shape index (κ1) is 21.1. The minimum atomic E-state index is -4.74. The van der Waals surface area contributed by atoms with Crippen molar-refractivity contribution < 1.29 is 27.2 Å². The Morgan fingerprint density at radius 3 is 2.48 bits per heavy atom. The summed E-state index contributed by atoms with van der Waals surface area (Å²) in [6.07, 6.45) is -4.12. The number of nitrogens with one attached hydrogen (secondary N) is 1. The van der Waals surface area contributed by atoms with Gasteiger partial charge in [-0.15, -0.1) is 13.2 Å². The number of carbonyl (C=O) groups is 1. The predicted molar refractivity (Wildman–Crippen MR) is 97.8 cm³/mol. The van der Waals surface area contributed by atoms with E-state index in [-0.39, 0.29) is 29.6 Å². The van der Waals surface area contributed by atoms with Crippen LogP contribution in [0, 0.1) is 5.41 Å². The Bertz CT molecular complexity index is 859. The minimum Gasteiger partial charge on any atom is -0.406 e. The largest absolute Gasteiger partial charge is 0.573 e. The van der Waals surface area contributed by atoms with Crippen LogP contribution in [-0.4, -0.2) is 46.9 Å². The molecule has 2 aromatic rings. The Morgan fingerprint density at radius 1 is 1.24 bits per heavy atom. The Balaban J connectivity index is 1.67. The SMILES string of the molecule is CN1C[C@@H](NC(=O)C(C)(C)C)C[C@H]1c1nc(-c2ccc(OC(F)(F)F)cc2)no1. The van der Waals surface area contributed by atoms with Crippen LogP contribution in [0.1, 0.15) is 39.1 Å². The minimum absolute atomic E-state index is 0.0241. The molecule has 29 heavy (non-hydrogen) atoms. The lowest BCUT2D eigenvalue weighted by Crippen LogP contribution is -2.42. The number of likely N-dealkylation sites (N-methyl/N-ethyl adjacent to an activating group) is 1. The molecule has 1 saturated heterocycles. The van der Waals surface area contributed by atoms with Gasteiger partial charge in [-0.1, -0.05) is 25.9 Å². The summed E-state index contributed by atoms with van der Waals surface area (Å²) in [7, 11) is 1.90. The molecule has 1 aliphatic heterocycles. The molecule has 1 fully saturated rings. The number of hydrogen-bond donors (Lipinski definition) is 1. The molecule has 158 valence electrons. The molecule has 0 bridgehead atoms. The van der Waals surface area contributed by atoms with Gasteiger partial charge in [0, 0.05) is 23.6 Å². The highest BCUT2D eigenvalue weighted by molar-refractivity contribution is 5.81. The zero-order valence-corrected chi connectivity index (χ0v) is 16.6. The highest BCUT2D eigenvalue weighted by Crippen LogP contribution is 2.32. The highest BCUT2D eigenvalue weighted by atomic mass is 19.4. The molecule has 2 atom stereocenters. The van der Waals surface area contributed by atoms with Crippen molar-refractivity contribution in [1.82, 2.24) is 20.4 Å². The number of ether oxygens (including phenoxy) is 1. The van der Waals surface area contributed by atoms with Crippen molar-refractivity contribution in [2.24, 2.45) is 5.41 Å². The molecule has 1 aromatic heterocycles. The number of amides is 1. The van der Waals surface area contributed by atoms with Crippen LogP contribution in [-0.2, 0) is 4.79 Å². The summed E-state index contributed by atoms with van der Waals surface area (Å²) in [6, 6.07) is 5.05. The highest BCUT2D eigenvalue weighted by Gasteiger charge is 2.36. The van der Waals surface area contributed by atoms with Gasteiger partial charge in [0.2, 0.25) is 17.6 Å². The Hall–Kier alpha value is -2.62. The average Bonchev–Trinajstić information content (AvgIpc) is 3.20. The van der Waals surface area contributed by atoms with Gasteiger partial charge in [0.05, 0.1) is 6.04 Å². The Labute approximate surface area is 166 Å². The second kappa shape index (κ2) is 7.66. The van der Waals surface area contributed by atoms with Gasteiger partial charge >= 0.3 is 6.36 Å². The molecule has 0 spiro atoms. The number of alkyl halides is 3. The Kier molecular flexibility index (Phi) is 5.57. The van der Waals surface area contributed by atoms with Crippen molar-refractivity contribution in [2.45, 2.75) is 45.6 Å². The number of benzene rings is 1. The summed E-state index contributed by atoms with van der Waals surface area (Å²) >= 11 is 0. The summed E-state index contributed by atoms with van der Waals surface area (Å²) in [5.74, 6) is 0.321. The zero-order chi connectivity index (χ0) is 21.4. The fourth-order valence-electron chi connectivity index (χ4n) is 3.09. The van der Waals surface area contributed by atoms with Gasteiger partial charge in [-0.2, -0.15) is 4.98 Å². The van der Waals surface area contributed by atoms with Gasteiger partial charge in [-0.3, -0.25) is 9.69 Å². The fourth-order valence-corrected chi connectivity index (χ4v) is 3.09. The van der Waals surface area contributed by atoms with Crippen molar-refractivity contribution >= 4 is 5.91 Å². The third-order valence-corrected chi connectivity index (χ3v) is 4.64. The topological polar surface area (TPSA) is 80.5 Å². The van der Waals surface area contributed by atoms with E-state index in [1.54, 1.807) is 0 Å². The number of carbonyl (C=O) groups excluding carboxylic acids is 1. The molecule has 2 heterocycles. The molecule has 10 heteroatoms. The van der Waals surface area contributed by atoms with Crippen LogP contribution in [0.4, 0.5) is 13.2 Å².